The lowest BCUT2D eigenvalue weighted by atomic mass is 9.88. The van der Waals surface area contributed by atoms with Crippen molar-refractivity contribution in [3.05, 3.63) is 42.1 Å². The van der Waals surface area contributed by atoms with Crippen LogP contribution in [0.15, 0.2) is 36.5 Å². The second kappa shape index (κ2) is 6.96. The molecule has 0 aliphatic carbocycles. The van der Waals surface area contributed by atoms with Crippen LogP contribution in [-0.4, -0.2) is 32.9 Å². The molecule has 0 spiro atoms. The van der Waals surface area contributed by atoms with E-state index < -0.39 is 5.60 Å². The molecule has 1 heterocycles. The predicted molar refractivity (Wildman–Crippen MR) is 91.1 cm³/mol. The Balaban J connectivity index is 2.18. The van der Waals surface area contributed by atoms with Gasteiger partial charge >= 0.3 is 0 Å². The smallest absolute Gasteiger partial charge is 0.255 e. The van der Waals surface area contributed by atoms with Crippen molar-refractivity contribution in [2.45, 2.75) is 32.8 Å². The number of carbonyl (C=O) groups excluding carboxylic acids is 1. The average molecular weight is 315 g/mol. The molecule has 1 aromatic heterocycles. The maximum atomic E-state index is 12.5. The van der Waals surface area contributed by atoms with E-state index in [0.29, 0.717) is 11.3 Å². The summed E-state index contributed by atoms with van der Waals surface area (Å²) in [6, 6.07) is 9.61. The first-order valence-corrected chi connectivity index (χ1v) is 7.94. The van der Waals surface area contributed by atoms with Gasteiger partial charge in [0.15, 0.2) is 0 Å². The number of hydrogen-bond acceptors (Lipinski definition) is 3. The molecule has 0 fully saturated rings. The monoisotopic (exact) mass is 315 g/mol. The minimum atomic E-state index is -0.931. The Morgan fingerprint density at radius 1 is 1.39 bits per heavy atom. The van der Waals surface area contributed by atoms with E-state index in [9.17, 15) is 9.90 Å². The van der Waals surface area contributed by atoms with Gasteiger partial charge in [-0.25, -0.2) is 0 Å². The molecule has 0 saturated carbocycles. The van der Waals surface area contributed by atoms with Gasteiger partial charge in [-0.3, -0.25) is 9.48 Å². The van der Waals surface area contributed by atoms with Gasteiger partial charge in [-0.2, -0.15) is 5.10 Å². The number of hydrogen-bond donors (Lipinski definition) is 2. The first kappa shape index (κ1) is 17.2. The molecule has 0 saturated heterocycles. The standard InChI is InChI=1S/C18H25N3O2/c1-5-13(2)18(3,23)12-19-17(22)15-11-21(4)20-16(15)14-9-7-6-8-10-14/h6-11,13,23H,5,12H2,1-4H3,(H,19,22)/t13-,18-/m0/s1. The van der Waals surface area contributed by atoms with Crippen molar-refractivity contribution < 1.29 is 9.90 Å². The summed E-state index contributed by atoms with van der Waals surface area (Å²) in [4.78, 5) is 12.5. The van der Waals surface area contributed by atoms with Gasteiger partial charge in [-0.05, 0) is 12.8 Å². The zero-order valence-electron chi connectivity index (χ0n) is 14.2. The summed E-state index contributed by atoms with van der Waals surface area (Å²) in [5.41, 5.74) is 1.12. The third-order valence-electron chi connectivity index (χ3n) is 4.40. The highest BCUT2D eigenvalue weighted by Crippen LogP contribution is 2.22. The molecule has 2 aromatic rings. The van der Waals surface area contributed by atoms with Gasteiger partial charge in [0.25, 0.3) is 5.91 Å². The first-order chi connectivity index (χ1) is 10.8. The number of nitrogens with zero attached hydrogens (tertiary/aromatic N) is 2. The van der Waals surface area contributed by atoms with E-state index in [1.807, 2.05) is 44.2 Å². The molecule has 0 unspecified atom stereocenters. The van der Waals surface area contributed by atoms with E-state index >= 15 is 0 Å². The highest BCUT2D eigenvalue weighted by molar-refractivity contribution is 5.99. The van der Waals surface area contributed by atoms with E-state index in [-0.39, 0.29) is 18.4 Å². The van der Waals surface area contributed by atoms with E-state index in [0.717, 1.165) is 12.0 Å². The van der Waals surface area contributed by atoms with Crippen LogP contribution in [0.1, 0.15) is 37.6 Å². The lowest BCUT2D eigenvalue weighted by Crippen LogP contribution is -2.45. The number of benzene rings is 1. The number of nitrogens with one attached hydrogen (secondary N) is 1. The quantitative estimate of drug-likeness (QED) is 0.861. The molecule has 5 heteroatoms. The first-order valence-electron chi connectivity index (χ1n) is 7.94. The number of amides is 1. The Kier molecular flexibility index (Phi) is 5.21. The Morgan fingerprint density at radius 3 is 2.65 bits per heavy atom. The van der Waals surface area contributed by atoms with Crippen molar-refractivity contribution >= 4 is 5.91 Å². The molecule has 1 amide bonds. The van der Waals surface area contributed by atoms with E-state index in [1.165, 1.54) is 0 Å². The van der Waals surface area contributed by atoms with Crippen LogP contribution in [0, 0.1) is 5.92 Å². The fraction of sp³-hybridized carbons (Fsp3) is 0.444. The van der Waals surface area contributed by atoms with Crippen LogP contribution in [-0.2, 0) is 7.05 Å². The van der Waals surface area contributed by atoms with Gasteiger partial charge in [0, 0.05) is 25.4 Å². The summed E-state index contributed by atoms with van der Waals surface area (Å²) in [7, 11) is 1.79. The zero-order valence-corrected chi connectivity index (χ0v) is 14.2. The summed E-state index contributed by atoms with van der Waals surface area (Å²) in [5.74, 6) is -0.120. The molecule has 0 radical (unpaired) electrons. The largest absolute Gasteiger partial charge is 0.388 e. The summed E-state index contributed by atoms with van der Waals surface area (Å²) in [5, 5.41) is 17.7. The second-order valence-electron chi connectivity index (χ2n) is 6.28. The lowest BCUT2D eigenvalue weighted by Gasteiger charge is -2.29. The molecule has 23 heavy (non-hydrogen) atoms. The normalized spacial score (nSPS) is 15.0. The lowest BCUT2D eigenvalue weighted by molar-refractivity contribution is 0.00593. The zero-order chi connectivity index (χ0) is 17.0. The Hall–Kier alpha value is -2.14. The molecule has 2 atom stereocenters. The summed E-state index contributed by atoms with van der Waals surface area (Å²) in [6.07, 6.45) is 2.56. The fourth-order valence-corrected chi connectivity index (χ4v) is 2.43. The van der Waals surface area contributed by atoms with Crippen LogP contribution in [0.4, 0.5) is 0 Å². The highest BCUT2D eigenvalue weighted by Gasteiger charge is 2.28. The Bertz CT molecular complexity index is 662. The Morgan fingerprint density at radius 2 is 2.04 bits per heavy atom. The number of rotatable bonds is 6. The van der Waals surface area contributed by atoms with Crippen molar-refractivity contribution in [1.29, 1.82) is 0 Å². The minimum absolute atomic E-state index is 0.102. The van der Waals surface area contributed by atoms with Gasteiger partial charge in [0.2, 0.25) is 0 Å². The SMILES string of the molecule is CC[C@H](C)[C@@](C)(O)CNC(=O)c1cn(C)nc1-c1ccccc1. The van der Waals surface area contributed by atoms with Crippen molar-refractivity contribution in [2.24, 2.45) is 13.0 Å². The molecule has 0 bridgehead atoms. The molecule has 2 rings (SSSR count). The van der Waals surface area contributed by atoms with Gasteiger partial charge in [0.05, 0.1) is 11.2 Å². The topological polar surface area (TPSA) is 67.2 Å². The van der Waals surface area contributed by atoms with Crippen LogP contribution in [0.3, 0.4) is 0 Å². The Labute approximate surface area is 137 Å². The highest BCUT2D eigenvalue weighted by atomic mass is 16.3. The van der Waals surface area contributed by atoms with E-state index in [2.05, 4.69) is 10.4 Å². The molecular weight excluding hydrogens is 290 g/mol. The molecule has 124 valence electrons. The summed E-state index contributed by atoms with van der Waals surface area (Å²) < 4.78 is 1.63. The van der Waals surface area contributed by atoms with Gasteiger partial charge in [0.1, 0.15) is 5.69 Å². The fourth-order valence-electron chi connectivity index (χ4n) is 2.43. The average Bonchev–Trinajstić information content (AvgIpc) is 2.94. The number of aromatic nitrogens is 2. The van der Waals surface area contributed by atoms with Crippen LogP contribution >= 0.6 is 0 Å². The number of carbonyl (C=O) groups is 1. The molecule has 1 aromatic carbocycles. The molecule has 2 N–H and O–H groups in total. The van der Waals surface area contributed by atoms with Crippen molar-refractivity contribution in [3.8, 4) is 11.3 Å². The predicted octanol–water partition coefficient (Wildman–Crippen LogP) is 2.61. The van der Waals surface area contributed by atoms with Crippen LogP contribution < -0.4 is 5.32 Å². The third-order valence-corrected chi connectivity index (χ3v) is 4.40. The van der Waals surface area contributed by atoms with Crippen LogP contribution in [0.2, 0.25) is 0 Å². The maximum absolute atomic E-state index is 12.5. The van der Waals surface area contributed by atoms with Gasteiger partial charge in [-0.1, -0.05) is 50.6 Å². The summed E-state index contributed by atoms with van der Waals surface area (Å²) >= 11 is 0. The molecule has 0 aliphatic heterocycles. The van der Waals surface area contributed by atoms with E-state index in [4.69, 9.17) is 0 Å². The van der Waals surface area contributed by atoms with Gasteiger partial charge in [-0.15, -0.1) is 0 Å². The summed E-state index contributed by atoms with van der Waals surface area (Å²) in [6.45, 7) is 5.97. The minimum Gasteiger partial charge on any atom is -0.388 e. The second-order valence-corrected chi connectivity index (χ2v) is 6.28. The molecular formula is C18H25N3O2. The maximum Gasteiger partial charge on any atom is 0.255 e. The molecule has 5 nitrogen and oxygen atoms in total. The van der Waals surface area contributed by atoms with E-state index in [1.54, 1.807) is 24.9 Å². The van der Waals surface area contributed by atoms with Crippen molar-refractivity contribution in [1.82, 2.24) is 15.1 Å². The van der Waals surface area contributed by atoms with Crippen LogP contribution in [0.25, 0.3) is 11.3 Å². The van der Waals surface area contributed by atoms with Gasteiger partial charge < -0.3 is 10.4 Å². The van der Waals surface area contributed by atoms with Crippen molar-refractivity contribution in [3.63, 3.8) is 0 Å². The third kappa shape index (κ3) is 3.99. The van der Waals surface area contributed by atoms with Crippen molar-refractivity contribution in [2.75, 3.05) is 6.54 Å². The number of aliphatic hydroxyl groups is 1. The molecule has 0 aliphatic rings. The number of aryl methyl sites for hydroxylation is 1. The van der Waals surface area contributed by atoms with Crippen LogP contribution in [0.5, 0.6) is 0 Å².